The van der Waals surface area contributed by atoms with Crippen LogP contribution in [0.5, 0.6) is 0 Å². The minimum atomic E-state index is -0.326. The van der Waals surface area contributed by atoms with Gasteiger partial charge in [-0.25, -0.2) is 0 Å². The van der Waals surface area contributed by atoms with Crippen LogP contribution in [0.3, 0.4) is 0 Å². The summed E-state index contributed by atoms with van der Waals surface area (Å²) in [4.78, 5) is 19.0. The van der Waals surface area contributed by atoms with E-state index in [1.54, 1.807) is 0 Å². The summed E-state index contributed by atoms with van der Waals surface area (Å²) in [7, 11) is 8.21. The topological polar surface area (TPSA) is 23.6 Å². The van der Waals surface area contributed by atoms with Crippen LogP contribution in [0.2, 0.25) is 10.0 Å². The third-order valence-corrected chi connectivity index (χ3v) is 8.14. The van der Waals surface area contributed by atoms with Gasteiger partial charge in [-0.3, -0.25) is 4.79 Å². The van der Waals surface area contributed by atoms with Gasteiger partial charge >= 0.3 is 0 Å². The maximum Gasteiger partial charge on any atom is 0.148 e. The lowest BCUT2D eigenvalue weighted by molar-refractivity contribution is -0.122. The maximum atomic E-state index is 14.8. The molecule has 228 valence electrons. The van der Waals surface area contributed by atoms with Crippen molar-refractivity contribution in [3.8, 4) is 0 Å². The van der Waals surface area contributed by atoms with E-state index in [1.165, 1.54) is 0 Å². The van der Waals surface area contributed by atoms with Crippen LogP contribution in [0, 0.1) is 0 Å². The van der Waals surface area contributed by atoms with Crippen LogP contribution in [0.4, 0.5) is 0 Å². The van der Waals surface area contributed by atoms with E-state index in [-0.39, 0.29) is 17.6 Å². The zero-order valence-corrected chi connectivity index (χ0v) is 27.6. The molecule has 0 heterocycles. The largest absolute Gasteiger partial charge is 0.306 e. The number of hydrogen-bond acceptors (Lipinski definition) is 3. The molecule has 0 bridgehead atoms. The number of carbonyl (C=O) groups excluding carboxylic acids is 1. The van der Waals surface area contributed by atoms with Crippen LogP contribution in [0.1, 0.15) is 45.2 Å². The van der Waals surface area contributed by atoms with Crippen molar-refractivity contribution in [1.82, 2.24) is 9.80 Å². The number of ketones is 1. The Balaban J connectivity index is 1.70. The van der Waals surface area contributed by atoms with Crippen LogP contribution in [0.15, 0.2) is 109 Å². The summed E-state index contributed by atoms with van der Waals surface area (Å²) < 4.78 is 0. The van der Waals surface area contributed by atoms with Gasteiger partial charge in [-0.15, -0.1) is 0 Å². The highest BCUT2D eigenvalue weighted by atomic mass is 35.5. The molecule has 5 heteroatoms. The highest BCUT2D eigenvalue weighted by Crippen LogP contribution is 2.33. The number of carbonyl (C=O) groups is 1. The molecule has 44 heavy (non-hydrogen) atoms. The first-order valence-corrected chi connectivity index (χ1v) is 15.8. The van der Waals surface area contributed by atoms with Crippen molar-refractivity contribution in [2.75, 3.05) is 41.3 Å². The van der Waals surface area contributed by atoms with E-state index in [9.17, 15) is 4.79 Å². The number of halogens is 2. The zero-order chi connectivity index (χ0) is 31.5. The fourth-order valence-corrected chi connectivity index (χ4v) is 5.45. The van der Waals surface area contributed by atoms with Crippen LogP contribution < -0.4 is 0 Å². The van der Waals surface area contributed by atoms with Gasteiger partial charge in [0.1, 0.15) is 5.78 Å². The van der Waals surface area contributed by atoms with Gasteiger partial charge in [-0.05, 0) is 98.7 Å². The lowest BCUT2D eigenvalue weighted by atomic mass is 9.78. The lowest BCUT2D eigenvalue weighted by Gasteiger charge is -2.24. The summed E-state index contributed by atoms with van der Waals surface area (Å²) >= 11 is 12.4. The lowest BCUT2D eigenvalue weighted by Crippen LogP contribution is -2.24. The van der Waals surface area contributed by atoms with Crippen molar-refractivity contribution in [3.63, 3.8) is 0 Å². The fourth-order valence-electron chi connectivity index (χ4n) is 5.20. The monoisotopic (exact) mass is 624 g/mol. The number of nitrogens with zero attached hydrogens (tertiary/aromatic N) is 2. The smallest absolute Gasteiger partial charge is 0.148 e. The minimum absolute atomic E-state index is 0.196. The SMILES string of the molecule is CN(C)C/C=C/c1ccc(C(Cc2ccc(Cl)cc2)C(=O)C(Cc2ccc(Cl)cc2)c2ccc(/C=C/CN(C)C)cc2)cc1. The Kier molecular flexibility index (Phi) is 12.6. The fraction of sp³-hybridized carbons (Fsp3) is 0.256. The second kappa shape index (κ2) is 16.6. The van der Waals surface area contributed by atoms with Gasteiger partial charge in [0.25, 0.3) is 0 Å². The second-order valence-electron chi connectivity index (χ2n) is 11.8. The van der Waals surface area contributed by atoms with E-state index >= 15 is 0 Å². The third-order valence-electron chi connectivity index (χ3n) is 7.63. The molecule has 2 unspecified atom stereocenters. The summed E-state index contributed by atoms with van der Waals surface area (Å²) in [6, 6.07) is 32.5. The number of benzene rings is 4. The Morgan fingerprint density at radius 3 is 1.23 bits per heavy atom. The Morgan fingerprint density at radius 2 is 0.909 bits per heavy atom. The molecule has 3 nitrogen and oxygen atoms in total. The minimum Gasteiger partial charge on any atom is -0.306 e. The van der Waals surface area contributed by atoms with Crippen molar-refractivity contribution in [2.45, 2.75) is 24.7 Å². The molecule has 0 aromatic heterocycles. The number of rotatable bonds is 14. The zero-order valence-electron chi connectivity index (χ0n) is 26.1. The predicted molar refractivity (Wildman–Crippen MR) is 189 cm³/mol. The van der Waals surface area contributed by atoms with Crippen molar-refractivity contribution in [2.24, 2.45) is 0 Å². The number of hydrogen-bond donors (Lipinski definition) is 0. The first kappa shape index (κ1) is 33.4. The van der Waals surface area contributed by atoms with E-state index < -0.39 is 0 Å². The molecule has 0 spiro atoms. The predicted octanol–water partition coefficient (Wildman–Crippen LogP) is 9.06. The molecule has 0 aliphatic heterocycles. The first-order valence-electron chi connectivity index (χ1n) is 15.0. The second-order valence-corrected chi connectivity index (χ2v) is 12.7. The standard InChI is InChI=1S/C39H42Cl2N2O/c1-42(2)25-5-7-29-9-17-33(18-10-29)37(27-31-13-21-35(40)22-14-31)39(44)38(28-32-15-23-36(41)24-16-32)34-19-11-30(12-20-34)8-6-26-43(3)4/h5-24,37-38H,25-28H2,1-4H3/b7-5+,8-6+. The molecule has 0 fully saturated rings. The van der Waals surface area contributed by atoms with Gasteiger partial charge in [-0.1, -0.05) is 120 Å². The van der Waals surface area contributed by atoms with Gasteiger partial charge < -0.3 is 9.80 Å². The van der Waals surface area contributed by atoms with Crippen molar-refractivity contribution < 1.29 is 4.79 Å². The summed E-state index contributed by atoms with van der Waals surface area (Å²) in [5.41, 5.74) is 6.41. The van der Waals surface area contributed by atoms with Gasteiger partial charge in [0.15, 0.2) is 0 Å². The van der Waals surface area contributed by atoms with E-state index in [4.69, 9.17) is 23.2 Å². The molecule has 0 radical (unpaired) electrons. The quantitative estimate of drug-likeness (QED) is 0.140. The first-order chi connectivity index (χ1) is 21.2. The van der Waals surface area contributed by atoms with Crippen molar-refractivity contribution in [1.29, 1.82) is 0 Å². The highest BCUT2D eigenvalue weighted by molar-refractivity contribution is 6.30. The maximum absolute atomic E-state index is 14.8. The van der Waals surface area contributed by atoms with Gasteiger partial charge in [-0.2, -0.15) is 0 Å². The molecule has 0 saturated carbocycles. The van der Waals surface area contributed by atoms with Gasteiger partial charge in [0.2, 0.25) is 0 Å². The third kappa shape index (κ3) is 10.3. The highest BCUT2D eigenvalue weighted by Gasteiger charge is 2.30. The molecular formula is C39H42Cl2N2O. The molecule has 4 aromatic carbocycles. The van der Waals surface area contributed by atoms with Gasteiger partial charge in [0.05, 0.1) is 0 Å². The average Bonchev–Trinajstić information content (AvgIpc) is 3.01. The molecule has 0 aliphatic carbocycles. The van der Waals surface area contributed by atoms with Crippen molar-refractivity contribution in [3.05, 3.63) is 153 Å². The molecule has 4 aromatic rings. The normalized spacial score (nSPS) is 13.3. The molecule has 0 N–H and O–H groups in total. The summed E-state index contributed by atoms with van der Waals surface area (Å²) in [6.07, 6.45) is 9.72. The van der Waals surface area contributed by atoms with E-state index in [0.717, 1.165) is 46.5 Å². The molecule has 0 saturated heterocycles. The Morgan fingerprint density at radius 1 is 0.568 bits per heavy atom. The summed E-state index contributed by atoms with van der Waals surface area (Å²) in [5, 5.41) is 1.37. The summed E-state index contributed by atoms with van der Waals surface area (Å²) in [5.74, 6) is -0.456. The van der Waals surface area contributed by atoms with Crippen LogP contribution in [-0.2, 0) is 17.6 Å². The average molecular weight is 626 g/mol. The van der Waals surface area contributed by atoms with Crippen LogP contribution in [0.25, 0.3) is 12.2 Å². The van der Waals surface area contributed by atoms with E-state index in [2.05, 4.69) is 111 Å². The molecule has 0 amide bonds. The van der Waals surface area contributed by atoms with E-state index in [0.29, 0.717) is 22.9 Å². The van der Waals surface area contributed by atoms with Crippen LogP contribution >= 0.6 is 23.2 Å². The Bertz CT molecular complexity index is 1400. The molecule has 4 rings (SSSR count). The Hall–Kier alpha value is -3.47. The molecule has 2 atom stereocenters. The number of likely N-dealkylation sites (N-methyl/N-ethyl adjacent to an activating group) is 2. The van der Waals surface area contributed by atoms with Crippen LogP contribution in [-0.4, -0.2) is 56.9 Å². The van der Waals surface area contributed by atoms with Gasteiger partial charge in [0, 0.05) is 35.0 Å². The Labute approximate surface area is 273 Å². The van der Waals surface area contributed by atoms with Crippen molar-refractivity contribution >= 4 is 41.1 Å². The molecule has 0 aliphatic rings. The van der Waals surface area contributed by atoms with E-state index in [1.807, 2.05) is 48.5 Å². The number of Topliss-reactive ketones (excluding diaryl/α,β-unsaturated/α-hetero) is 1. The summed E-state index contributed by atoms with van der Waals surface area (Å²) in [6.45, 7) is 1.74. The molecular weight excluding hydrogens is 583 g/mol.